The maximum Gasteiger partial charge on any atom is 0.0294 e. The summed E-state index contributed by atoms with van der Waals surface area (Å²) in [6, 6.07) is 15.2. The van der Waals surface area contributed by atoms with E-state index in [-0.39, 0.29) is 0 Å². The van der Waals surface area contributed by atoms with Gasteiger partial charge in [-0.15, -0.1) is 0 Å². The molecule has 1 aliphatic rings. The minimum atomic E-state index is 0.962. The van der Waals surface area contributed by atoms with Gasteiger partial charge in [0.1, 0.15) is 0 Å². The molecule has 3 rings (SSSR count). The Kier molecular flexibility index (Phi) is 3.17. The van der Waals surface area contributed by atoms with Gasteiger partial charge >= 0.3 is 0 Å². The maximum atomic E-state index is 3.96. The van der Waals surface area contributed by atoms with Crippen molar-refractivity contribution in [1.82, 2.24) is 0 Å². The molecule has 0 unspecified atom stereocenters. The van der Waals surface area contributed by atoms with E-state index in [0.717, 1.165) is 12.8 Å². The second-order valence-corrected chi connectivity index (χ2v) is 6.13. The molecule has 0 bridgehead atoms. The number of rotatable bonds is 2. The van der Waals surface area contributed by atoms with Crippen LogP contribution in [-0.2, 0) is 6.42 Å². The first-order valence-electron chi connectivity index (χ1n) is 5.74. The molecule has 17 heavy (non-hydrogen) atoms. The van der Waals surface area contributed by atoms with Crippen molar-refractivity contribution in [1.29, 1.82) is 0 Å². The van der Waals surface area contributed by atoms with Gasteiger partial charge in [-0.05, 0) is 36.6 Å². The minimum absolute atomic E-state index is 0.962. The Balaban J connectivity index is 2.05. The molecule has 1 aliphatic heterocycles. The summed E-state index contributed by atoms with van der Waals surface area (Å²) in [6.45, 7) is 3.96. The van der Waals surface area contributed by atoms with Gasteiger partial charge in [0.2, 0.25) is 0 Å². The van der Waals surface area contributed by atoms with E-state index < -0.39 is 0 Å². The molecular formula is C15H13S2. The summed E-state index contributed by atoms with van der Waals surface area (Å²) in [6.07, 6.45) is 2.03. The van der Waals surface area contributed by atoms with Crippen molar-refractivity contribution in [2.45, 2.75) is 32.4 Å². The Morgan fingerprint density at radius 3 is 2.29 bits per heavy atom. The first kappa shape index (κ1) is 11.2. The van der Waals surface area contributed by atoms with E-state index in [4.69, 9.17) is 0 Å². The van der Waals surface area contributed by atoms with E-state index in [2.05, 4.69) is 49.4 Å². The Hall–Kier alpha value is -0.860. The molecule has 0 spiro atoms. The Bertz CT molecular complexity index is 546. The third-order valence-electron chi connectivity index (χ3n) is 2.79. The van der Waals surface area contributed by atoms with Crippen molar-refractivity contribution in [3.63, 3.8) is 0 Å². The van der Waals surface area contributed by atoms with Gasteiger partial charge < -0.3 is 0 Å². The van der Waals surface area contributed by atoms with Crippen molar-refractivity contribution in [3.05, 3.63) is 55.0 Å². The molecule has 0 aromatic heterocycles. The summed E-state index contributed by atoms with van der Waals surface area (Å²) in [5, 5.41) is 0. The highest BCUT2D eigenvalue weighted by Crippen LogP contribution is 2.49. The van der Waals surface area contributed by atoms with E-state index in [1.54, 1.807) is 0 Å². The summed E-state index contributed by atoms with van der Waals surface area (Å²) in [7, 11) is 0. The number of hydrogen-bond donors (Lipinski definition) is 0. The average molecular weight is 257 g/mol. The Morgan fingerprint density at radius 2 is 1.53 bits per heavy atom. The first-order valence-corrected chi connectivity index (χ1v) is 7.37. The zero-order valence-corrected chi connectivity index (χ0v) is 11.1. The van der Waals surface area contributed by atoms with Crippen LogP contribution in [0.3, 0.4) is 0 Å². The molecule has 0 fully saturated rings. The van der Waals surface area contributed by atoms with Crippen LogP contribution < -0.4 is 0 Å². The molecule has 2 aromatic carbocycles. The van der Waals surface area contributed by atoms with E-state index in [1.165, 1.54) is 25.1 Å². The van der Waals surface area contributed by atoms with Crippen molar-refractivity contribution in [2.75, 3.05) is 0 Å². The number of fused-ring (bicyclic) bond motifs is 2. The quantitative estimate of drug-likeness (QED) is 0.628. The number of hydrogen-bond acceptors (Lipinski definition) is 2. The monoisotopic (exact) mass is 257 g/mol. The lowest BCUT2D eigenvalue weighted by atomic mass is 10.1. The molecular weight excluding hydrogens is 244 g/mol. The van der Waals surface area contributed by atoms with Crippen molar-refractivity contribution >= 4 is 23.5 Å². The predicted molar refractivity (Wildman–Crippen MR) is 74.8 cm³/mol. The molecule has 1 radical (unpaired) electrons. The van der Waals surface area contributed by atoms with Gasteiger partial charge in [0.15, 0.2) is 0 Å². The van der Waals surface area contributed by atoms with Crippen molar-refractivity contribution < 1.29 is 0 Å². The second kappa shape index (κ2) is 4.79. The first-order chi connectivity index (χ1) is 8.38. The van der Waals surface area contributed by atoms with Gasteiger partial charge in [0.25, 0.3) is 0 Å². The fourth-order valence-corrected chi connectivity index (χ4v) is 4.42. The van der Waals surface area contributed by atoms with E-state index in [0.29, 0.717) is 0 Å². The highest BCUT2D eigenvalue weighted by molar-refractivity contribution is 8.05. The second-order valence-electron chi connectivity index (χ2n) is 4.00. The molecule has 85 valence electrons. The van der Waals surface area contributed by atoms with Gasteiger partial charge in [0, 0.05) is 19.6 Å². The van der Waals surface area contributed by atoms with Crippen LogP contribution in [0, 0.1) is 6.92 Å². The fourth-order valence-electron chi connectivity index (χ4n) is 1.99. The summed E-state index contributed by atoms with van der Waals surface area (Å²) >= 11 is 3.78. The van der Waals surface area contributed by atoms with Gasteiger partial charge in [-0.2, -0.15) is 0 Å². The predicted octanol–water partition coefficient (Wildman–Crippen LogP) is 5.07. The van der Waals surface area contributed by atoms with Gasteiger partial charge in [-0.1, -0.05) is 54.7 Å². The summed E-state index contributed by atoms with van der Waals surface area (Å²) in [5.74, 6) is 0. The zero-order valence-electron chi connectivity index (χ0n) is 9.48. The molecule has 0 saturated heterocycles. The van der Waals surface area contributed by atoms with Crippen LogP contribution in [0.15, 0.2) is 62.0 Å². The number of benzene rings is 2. The van der Waals surface area contributed by atoms with Crippen LogP contribution >= 0.6 is 23.5 Å². The topological polar surface area (TPSA) is 0 Å². The van der Waals surface area contributed by atoms with Crippen LogP contribution in [0.5, 0.6) is 0 Å². The molecule has 1 heterocycles. The lowest BCUT2D eigenvalue weighted by molar-refractivity contribution is 0.943. The standard InChI is InChI=1S/C15H13S2/c1-2-6-11-7-5-10-14-15(11)17-13-9-4-3-8-12(13)16-14/h3-5,7-10H,1-2,6H2. The lowest BCUT2D eigenvalue weighted by Gasteiger charge is -2.20. The normalized spacial score (nSPS) is 13.0. The smallest absolute Gasteiger partial charge is 0.0294 e. The Labute approximate surface area is 111 Å². The molecule has 0 atom stereocenters. The van der Waals surface area contributed by atoms with Crippen LogP contribution in [0.2, 0.25) is 0 Å². The molecule has 2 aromatic rings. The van der Waals surface area contributed by atoms with Crippen molar-refractivity contribution in [3.8, 4) is 0 Å². The average Bonchev–Trinajstić information content (AvgIpc) is 2.37. The fraction of sp³-hybridized carbons (Fsp3) is 0.133. The molecule has 0 nitrogen and oxygen atoms in total. The SMILES string of the molecule is [CH2]CCc1cccc2c1Sc1ccccc1S2. The lowest BCUT2D eigenvalue weighted by Crippen LogP contribution is -1.94. The summed E-state index contributed by atoms with van der Waals surface area (Å²) in [4.78, 5) is 5.57. The third-order valence-corrected chi connectivity index (χ3v) is 5.44. The molecule has 0 saturated carbocycles. The minimum Gasteiger partial charge on any atom is -0.0877 e. The van der Waals surface area contributed by atoms with Crippen LogP contribution in [0.4, 0.5) is 0 Å². The highest BCUT2D eigenvalue weighted by atomic mass is 32.2. The van der Waals surface area contributed by atoms with E-state index >= 15 is 0 Å². The molecule has 0 N–H and O–H groups in total. The van der Waals surface area contributed by atoms with Crippen LogP contribution in [-0.4, -0.2) is 0 Å². The molecule has 0 aliphatic carbocycles. The summed E-state index contributed by atoms with van der Waals surface area (Å²) < 4.78 is 0. The van der Waals surface area contributed by atoms with E-state index in [9.17, 15) is 0 Å². The van der Waals surface area contributed by atoms with Crippen molar-refractivity contribution in [2.24, 2.45) is 0 Å². The highest BCUT2D eigenvalue weighted by Gasteiger charge is 2.18. The number of aryl methyl sites for hydroxylation is 1. The maximum absolute atomic E-state index is 3.96. The van der Waals surface area contributed by atoms with Gasteiger partial charge in [0.05, 0.1) is 0 Å². The molecule has 2 heteroatoms. The van der Waals surface area contributed by atoms with E-state index in [1.807, 2.05) is 23.5 Å². The Morgan fingerprint density at radius 1 is 0.824 bits per heavy atom. The largest absolute Gasteiger partial charge is 0.0877 e. The van der Waals surface area contributed by atoms with Crippen LogP contribution in [0.25, 0.3) is 0 Å². The summed E-state index contributed by atoms with van der Waals surface area (Å²) in [5.41, 5.74) is 1.43. The zero-order chi connectivity index (χ0) is 11.7. The van der Waals surface area contributed by atoms with Crippen LogP contribution in [0.1, 0.15) is 12.0 Å². The van der Waals surface area contributed by atoms with Gasteiger partial charge in [-0.25, -0.2) is 0 Å². The van der Waals surface area contributed by atoms with Gasteiger partial charge in [-0.3, -0.25) is 0 Å². The molecule has 0 amide bonds. The third kappa shape index (κ3) is 2.12.